The molecule has 2 unspecified atom stereocenters. The van der Waals surface area contributed by atoms with Crippen LogP contribution in [0.5, 0.6) is 0 Å². The summed E-state index contributed by atoms with van der Waals surface area (Å²) in [5.74, 6) is -0.928. The monoisotopic (exact) mass is 285 g/mol. The predicted octanol–water partition coefficient (Wildman–Crippen LogP) is 2.28. The number of amides is 1. The Hall–Kier alpha value is -1.86. The molecule has 112 valence electrons. The molecular weight excluding hydrogens is 262 g/mol. The molecule has 2 rings (SSSR count). The minimum atomic E-state index is -0.727. The van der Waals surface area contributed by atoms with Gasteiger partial charge in [-0.1, -0.05) is 36.8 Å². The molecule has 1 aromatic carbocycles. The van der Waals surface area contributed by atoms with Crippen molar-refractivity contribution in [1.29, 1.82) is 5.26 Å². The Morgan fingerprint density at radius 2 is 1.95 bits per heavy atom. The molecule has 1 fully saturated rings. The van der Waals surface area contributed by atoms with Crippen LogP contribution in [0, 0.1) is 11.3 Å². The third-order valence-electron chi connectivity index (χ3n) is 3.89. The highest BCUT2D eigenvalue weighted by molar-refractivity contribution is 5.86. The molecule has 1 N–H and O–H groups in total. The van der Waals surface area contributed by atoms with Crippen LogP contribution in [0.1, 0.15) is 37.7 Å². The summed E-state index contributed by atoms with van der Waals surface area (Å²) >= 11 is 0. The Kier molecular flexibility index (Phi) is 5.77. The second-order valence-electron chi connectivity index (χ2n) is 5.74. The third-order valence-corrected chi connectivity index (χ3v) is 3.89. The van der Waals surface area contributed by atoms with Gasteiger partial charge in [0.15, 0.2) is 0 Å². The van der Waals surface area contributed by atoms with Gasteiger partial charge in [0.2, 0.25) is 5.91 Å². The Labute approximate surface area is 126 Å². The molecule has 1 heterocycles. The van der Waals surface area contributed by atoms with Gasteiger partial charge in [-0.2, -0.15) is 5.26 Å². The largest absolute Gasteiger partial charge is 0.351 e. The Bertz CT molecular complexity index is 489. The Morgan fingerprint density at radius 3 is 2.57 bits per heavy atom. The van der Waals surface area contributed by atoms with Crippen molar-refractivity contribution >= 4 is 5.91 Å². The minimum Gasteiger partial charge on any atom is -0.351 e. The average molecular weight is 285 g/mol. The van der Waals surface area contributed by atoms with E-state index in [0.717, 1.165) is 25.2 Å². The van der Waals surface area contributed by atoms with Crippen molar-refractivity contribution in [3.63, 3.8) is 0 Å². The Balaban J connectivity index is 1.88. The first-order valence-electron chi connectivity index (χ1n) is 7.68. The van der Waals surface area contributed by atoms with Gasteiger partial charge in [-0.3, -0.25) is 4.79 Å². The molecule has 2 atom stereocenters. The third kappa shape index (κ3) is 4.57. The van der Waals surface area contributed by atoms with Crippen LogP contribution in [0.4, 0.5) is 0 Å². The van der Waals surface area contributed by atoms with Crippen LogP contribution in [0.3, 0.4) is 0 Å². The van der Waals surface area contributed by atoms with Crippen LogP contribution >= 0.6 is 0 Å². The molecule has 1 amide bonds. The number of likely N-dealkylation sites (tertiary alicyclic amines) is 1. The van der Waals surface area contributed by atoms with Crippen LogP contribution < -0.4 is 5.32 Å². The molecule has 21 heavy (non-hydrogen) atoms. The number of hydrogen-bond acceptors (Lipinski definition) is 3. The highest BCUT2D eigenvalue weighted by atomic mass is 16.1. The van der Waals surface area contributed by atoms with Crippen molar-refractivity contribution in [3.05, 3.63) is 35.9 Å². The van der Waals surface area contributed by atoms with E-state index in [4.69, 9.17) is 0 Å². The molecule has 1 aromatic rings. The summed E-state index contributed by atoms with van der Waals surface area (Å²) in [6, 6.07) is 11.4. The number of rotatable bonds is 5. The normalized spacial score (nSPS) is 18.5. The molecule has 0 bridgehead atoms. The predicted molar refractivity (Wildman–Crippen MR) is 82.7 cm³/mol. The van der Waals surface area contributed by atoms with Crippen LogP contribution in [0.15, 0.2) is 30.3 Å². The summed E-state index contributed by atoms with van der Waals surface area (Å²) in [5, 5.41) is 12.2. The van der Waals surface area contributed by atoms with Crippen molar-refractivity contribution in [1.82, 2.24) is 10.2 Å². The van der Waals surface area contributed by atoms with Gasteiger partial charge in [0.05, 0.1) is 6.07 Å². The SMILES string of the molecule is CC(CN1CCCCC1)NC(=O)C(C#N)c1ccccc1. The number of carbonyl (C=O) groups is 1. The summed E-state index contributed by atoms with van der Waals surface area (Å²) < 4.78 is 0. The van der Waals surface area contributed by atoms with Gasteiger partial charge < -0.3 is 10.2 Å². The van der Waals surface area contributed by atoms with Crippen molar-refractivity contribution in [2.75, 3.05) is 19.6 Å². The summed E-state index contributed by atoms with van der Waals surface area (Å²) in [4.78, 5) is 14.7. The van der Waals surface area contributed by atoms with E-state index in [1.165, 1.54) is 19.3 Å². The fraction of sp³-hybridized carbons (Fsp3) is 0.529. The molecule has 0 radical (unpaired) electrons. The molecule has 0 saturated carbocycles. The molecule has 4 heteroatoms. The molecule has 1 aliphatic rings. The van der Waals surface area contributed by atoms with Crippen LogP contribution in [-0.2, 0) is 4.79 Å². The number of piperidine rings is 1. The van der Waals surface area contributed by atoms with Gasteiger partial charge in [-0.05, 0) is 38.4 Å². The lowest BCUT2D eigenvalue weighted by Gasteiger charge is -2.29. The van der Waals surface area contributed by atoms with Crippen molar-refractivity contribution in [3.8, 4) is 6.07 Å². The van der Waals surface area contributed by atoms with Gasteiger partial charge in [-0.15, -0.1) is 0 Å². The highest BCUT2D eigenvalue weighted by Gasteiger charge is 2.22. The van der Waals surface area contributed by atoms with Gasteiger partial charge in [0.25, 0.3) is 0 Å². The number of nitrogens with zero attached hydrogens (tertiary/aromatic N) is 2. The lowest BCUT2D eigenvalue weighted by Crippen LogP contribution is -2.44. The average Bonchev–Trinajstić information content (AvgIpc) is 2.50. The van der Waals surface area contributed by atoms with E-state index in [2.05, 4.69) is 16.3 Å². The lowest BCUT2D eigenvalue weighted by atomic mass is 9.99. The second-order valence-corrected chi connectivity index (χ2v) is 5.74. The minimum absolute atomic E-state index is 0.0650. The van der Waals surface area contributed by atoms with E-state index in [0.29, 0.717) is 0 Å². The van der Waals surface area contributed by atoms with Gasteiger partial charge in [0, 0.05) is 12.6 Å². The molecule has 4 nitrogen and oxygen atoms in total. The zero-order valence-corrected chi connectivity index (χ0v) is 12.6. The van der Waals surface area contributed by atoms with E-state index in [1.807, 2.05) is 37.3 Å². The summed E-state index contributed by atoms with van der Waals surface area (Å²) in [6.07, 6.45) is 3.79. The first kappa shape index (κ1) is 15.5. The maximum Gasteiger partial charge on any atom is 0.242 e. The first-order valence-corrected chi connectivity index (χ1v) is 7.68. The molecule has 0 spiro atoms. The van der Waals surface area contributed by atoms with Gasteiger partial charge >= 0.3 is 0 Å². The van der Waals surface area contributed by atoms with Gasteiger partial charge in [-0.25, -0.2) is 0 Å². The van der Waals surface area contributed by atoms with E-state index < -0.39 is 5.92 Å². The molecule has 1 saturated heterocycles. The van der Waals surface area contributed by atoms with Crippen molar-refractivity contribution in [2.24, 2.45) is 0 Å². The van der Waals surface area contributed by atoms with E-state index in [9.17, 15) is 10.1 Å². The van der Waals surface area contributed by atoms with E-state index >= 15 is 0 Å². The molecule has 0 aliphatic carbocycles. The number of nitriles is 1. The van der Waals surface area contributed by atoms with Crippen molar-refractivity contribution in [2.45, 2.75) is 38.1 Å². The number of benzene rings is 1. The standard InChI is InChI=1S/C17H23N3O/c1-14(13-20-10-6-3-7-11-20)19-17(21)16(12-18)15-8-4-2-5-9-15/h2,4-5,8-9,14,16H,3,6-7,10-11,13H2,1H3,(H,19,21). The summed E-state index contributed by atoms with van der Waals surface area (Å²) in [5.41, 5.74) is 0.752. The first-order chi connectivity index (χ1) is 10.2. The lowest BCUT2D eigenvalue weighted by molar-refractivity contribution is -0.122. The molecular formula is C17H23N3O. The van der Waals surface area contributed by atoms with Crippen LogP contribution in [0.25, 0.3) is 0 Å². The highest BCUT2D eigenvalue weighted by Crippen LogP contribution is 2.15. The Morgan fingerprint density at radius 1 is 1.29 bits per heavy atom. The van der Waals surface area contributed by atoms with Crippen molar-refractivity contribution < 1.29 is 4.79 Å². The summed E-state index contributed by atoms with van der Waals surface area (Å²) in [6.45, 7) is 5.09. The fourth-order valence-corrected chi connectivity index (χ4v) is 2.83. The van der Waals surface area contributed by atoms with Crippen LogP contribution in [-0.4, -0.2) is 36.5 Å². The molecule has 1 aliphatic heterocycles. The maximum atomic E-state index is 12.3. The number of carbonyl (C=O) groups excluding carboxylic acids is 1. The number of hydrogen-bond donors (Lipinski definition) is 1. The topological polar surface area (TPSA) is 56.1 Å². The fourth-order valence-electron chi connectivity index (χ4n) is 2.83. The quantitative estimate of drug-likeness (QED) is 0.903. The van der Waals surface area contributed by atoms with E-state index in [1.54, 1.807) is 0 Å². The number of nitrogens with one attached hydrogen (secondary N) is 1. The van der Waals surface area contributed by atoms with E-state index in [-0.39, 0.29) is 11.9 Å². The zero-order valence-electron chi connectivity index (χ0n) is 12.6. The van der Waals surface area contributed by atoms with Crippen LogP contribution in [0.2, 0.25) is 0 Å². The smallest absolute Gasteiger partial charge is 0.242 e. The maximum absolute atomic E-state index is 12.3. The molecule has 0 aromatic heterocycles. The summed E-state index contributed by atoms with van der Waals surface area (Å²) in [7, 11) is 0. The second kappa shape index (κ2) is 7.80. The van der Waals surface area contributed by atoms with Gasteiger partial charge in [0.1, 0.15) is 5.92 Å². The zero-order chi connectivity index (χ0) is 15.1.